The highest BCUT2D eigenvalue weighted by molar-refractivity contribution is 5.90. The van der Waals surface area contributed by atoms with Gasteiger partial charge in [-0.15, -0.1) is 0 Å². The summed E-state index contributed by atoms with van der Waals surface area (Å²) in [7, 11) is 0. The van der Waals surface area contributed by atoms with Crippen LogP contribution in [0.5, 0.6) is 0 Å². The molecule has 0 fully saturated rings. The monoisotopic (exact) mass is 238 g/mol. The fourth-order valence-corrected chi connectivity index (χ4v) is 1.30. The largest absolute Gasteiger partial charge is 0.456 e. The van der Waals surface area contributed by atoms with Crippen LogP contribution in [0.3, 0.4) is 0 Å². The molecule has 0 aromatic carbocycles. The van der Waals surface area contributed by atoms with Crippen LogP contribution in [0.2, 0.25) is 0 Å². The molecule has 3 N–H and O–H groups in total. The predicted octanol–water partition coefficient (Wildman–Crippen LogP) is 0.988. The van der Waals surface area contributed by atoms with E-state index in [0.717, 1.165) is 0 Å². The minimum Gasteiger partial charge on any atom is -0.456 e. The van der Waals surface area contributed by atoms with E-state index in [4.69, 9.17) is 10.5 Å². The van der Waals surface area contributed by atoms with Crippen LogP contribution >= 0.6 is 0 Å². The molecular formula is C12H18N2O3. The average molecular weight is 238 g/mol. The Hall–Kier alpha value is -1.46. The number of pyridine rings is 1. The van der Waals surface area contributed by atoms with Gasteiger partial charge in [-0.2, -0.15) is 0 Å². The third-order valence-electron chi connectivity index (χ3n) is 2.01. The summed E-state index contributed by atoms with van der Waals surface area (Å²) in [6, 6.07) is 3.23. The van der Waals surface area contributed by atoms with E-state index in [0.29, 0.717) is 11.4 Å². The molecule has 1 rings (SSSR count). The molecular weight excluding hydrogens is 220 g/mol. The molecule has 1 heterocycles. The second-order valence-electron chi connectivity index (χ2n) is 4.66. The van der Waals surface area contributed by atoms with Crippen LogP contribution in [0.4, 0.5) is 0 Å². The van der Waals surface area contributed by atoms with E-state index in [-0.39, 0.29) is 18.7 Å². The van der Waals surface area contributed by atoms with Gasteiger partial charge in [0.05, 0.1) is 23.6 Å². The van der Waals surface area contributed by atoms with E-state index in [1.807, 2.05) is 0 Å². The summed E-state index contributed by atoms with van der Waals surface area (Å²) in [6.07, 6.45) is 0. The number of carbonyl (C=O) groups is 1. The number of hydrogen-bond donors (Lipinski definition) is 2. The average Bonchev–Trinajstić information content (AvgIpc) is 2.25. The summed E-state index contributed by atoms with van der Waals surface area (Å²) < 4.78 is 5.22. The molecule has 0 aliphatic carbocycles. The molecule has 0 bridgehead atoms. The summed E-state index contributed by atoms with van der Waals surface area (Å²) in [5, 5.41) is 9.17. The Kier molecular flexibility index (Phi) is 4.20. The fourth-order valence-electron chi connectivity index (χ4n) is 1.30. The molecule has 0 saturated carbocycles. The summed E-state index contributed by atoms with van der Waals surface area (Å²) in [4.78, 5) is 15.9. The van der Waals surface area contributed by atoms with Crippen LogP contribution < -0.4 is 5.73 Å². The minimum atomic E-state index is -0.573. The molecule has 5 heteroatoms. The predicted molar refractivity (Wildman–Crippen MR) is 63.2 cm³/mol. The number of aliphatic hydroxyl groups excluding tert-OH is 1. The van der Waals surface area contributed by atoms with Gasteiger partial charge in [-0.25, -0.2) is 4.79 Å². The van der Waals surface area contributed by atoms with Crippen molar-refractivity contribution in [1.29, 1.82) is 0 Å². The number of esters is 1. The van der Waals surface area contributed by atoms with E-state index < -0.39 is 11.6 Å². The van der Waals surface area contributed by atoms with Crippen LogP contribution in [0.15, 0.2) is 12.1 Å². The molecule has 1 aromatic heterocycles. The number of aromatic nitrogens is 1. The number of ether oxygens (including phenoxy) is 1. The molecule has 0 amide bonds. The first kappa shape index (κ1) is 13.6. The Morgan fingerprint density at radius 3 is 2.59 bits per heavy atom. The normalized spacial score (nSPS) is 11.4. The molecule has 0 atom stereocenters. The third kappa shape index (κ3) is 3.80. The molecule has 5 nitrogen and oxygen atoms in total. The van der Waals surface area contributed by atoms with Crippen molar-refractivity contribution in [2.45, 2.75) is 39.5 Å². The quantitative estimate of drug-likeness (QED) is 0.767. The Balaban J connectivity index is 3.01. The molecule has 0 radical (unpaired) electrons. The smallest absolute Gasteiger partial charge is 0.340 e. The molecule has 0 spiro atoms. The second kappa shape index (κ2) is 5.25. The SMILES string of the molecule is CC(C)(C)OC(=O)c1ccc(CN)nc1CO. The number of aliphatic hydroxyl groups is 1. The first-order chi connectivity index (χ1) is 7.87. The lowest BCUT2D eigenvalue weighted by atomic mass is 10.1. The standard InChI is InChI=1S/C12H18N2O3/c1-12(2,3)17-11(16)9-5-4-8(6-13)14-10(9)7-15/h4-5,15H,6-7,13H2,1-3H3. The lowest BCUT2D eigenvalue weighted by Gasteiger charge is -2.20. The van der Waals surface area contributed by atoms with Crippen molar-refractivity contribution < 1.29 is 14.6 Å². The van der Waals surface area contributed by atoms with E-state index in [9.17, 15) is 9.90 Å². The van der Waals surface area contributed by atoms with Gasteiger partial charge in [-0.05, 0) is 32.9 Å². The highest BCUT2D eigenvalue weighted by Crippen LogP contribution is 2.15. The van der Waals surface area contributed by atoms with Crippen LogP contribution in [0, 0.1) is 0 Å². The van der Waals surface area contributed by atoms with Crippen LogP contribution in [-0.4, -0.2) is 21.7 Å². The molecule has 0 saturated heterocycles. The zero-order chi connectivity index (χ0) is 13.1. The number of rotatable bonds is 3. The highest BCUT2D eigenvalue weighted by atomic mass is 16.6. The Labute approximate surface area is 101 Å². The van der Waals surface area contributed by atoms with Gasteiger partial charge in [0.1, 0.15) is 5.60 Å². The first-order valence-electron chi connectivity index (χ1n) is 5.40. The Bertz CT molecular complexity index is 411. The number of nitrogens with zero attached hydrogens (tertiary/aromatic N) is 1. The van der Waals surface area contributed by atoms with Crippen molar-refractivity contribution in [1.82, 2.24) is 4.98 Å². The van der Waals surface area contributed by atoms with Gasteiger partial charge in [0.15, 0.2) is 0 Å². The minimum absolute atomic E-state index is 0.265. The van der Waals surface area contributed by atoms with Gasteiger partial charge in [0.2, 0.25) is 0 Å². The van der Waals surface area contributed by atoms with Crippen molar-refractivity contribution in [3.8, 4) is 0 Å². The number of carbonyl (C=O) groups excluding carboxylic acids is 1. The maximum Gasteiger partial charge on any atom is 0.340 e. The zero-order valence-electron chi connectivity index (χ0n) is 10.4. The van der Waals surface area contributed by atoms with Gasteiger partial charge in [-0.3, -0.25) is 4.98 Å². The van der Waals surface area contributed by atoms with E-state index in [1.54, 1.807) is 32.9 Å². The van der Waals surface area contributed by atoms with Gasteiger partial charge in [-0.1, -0.05) is 0 Å². The maximum atomic E-state index is 11.8. The zero-order valence-corrected chi connectivity index (χ0v) is 10.4. The third-order valence-corrected chi connectivity index (χ3v) is 2.01. The van der Waals surface area contributed by atoms with Crippen molar-refractivity contribution in [2.24, 2.45) is 5.73 Å². The van der Waals surface area contributed by atoms with Gasteiger partial charge >= 0.3 is 5.97 Å². The second-order valence-corrected chi connectivity index (χ2v) is 4.66. The van der Waals surface area contributed by atoms with Crippen molar-refractivity contribution in [3.63, 3.8) is 0 Å². The van der Waals surface area contributed by atoms with Gasteiger partial charge in [0, 0.05) is 6.54 Å². The van der Waals surface area contributed by atoms with Crippen LogP contribution in [-0.2, 0) is 17.9 Å². The van der Waals surface area contributed by atoms with Crippen molar-refractivity contribution >= 4 is 5.97 Å². The molecule has 17 heavy (non-hydrogen) atoms. The van der Waals surface area contributed by atoms with Crippen molar-refractivity contribution in [3.05, 3.63) is 29.1 Å². The molecule has 94 valence electrons. The fraction of sp³-hybridized carbons (Fsp3) is 0.500. The summed E-state index contributed by atoms with van der Waals surface area (Å²) in [5.74, 6) is -0.488. The molecule has 1 aromatic rings. The summed E-state index contributed by atoms with van der Waals surface area (Å²) in [5.41, 5.74) is 6.07. The molecule has 0 aliphatic rings. The highest BCUT2D eigenvalue weighted by Gasteiger charge is 2.20. The van der Waals surface area contributed by atoms with Crippen LogP contribution in [0.25, 0.3) is 0 Å². The lowest BCUT2D eigenvalue weighted by molar-refractivity contribution is 0.00658. The first-order valence-corrected chi connectivity index (χ1v) is 5.40. The summed E-state index contributed by atoms with van der Waals surface area (Å²) in [6.45, 7) is 5.30. The Morgan fingerprint density at radius 1 is 1.47 bits per heavy atom. The molecule has 0 aliphatic heterocycles. The maximum absolute atomic E-state index is 11.8. The topological polar surface area (TPSA) is 85.4 Å². The van der Waals surface area contributed by atoms with E-state index in [2.05, 4.69) is 4.98 Å². The summed E-state index contributed by atoms with van der Waals surface area (Å²) >= 11 is 0. The lowest BCUT2D eigenvalue weighted by Crippen LogP contribution is -2.25. The number of hydrogen-bond acceptors (Lipinski definition) is 5. The van der Waals surface area contributed by atoms with Gasteiger partial charge in [0.25, 0.3) is 0 Å². The van der Waals surface area contributed by atoms with Crippen LogP contribution in [0.1, 0.15) is 42.5 Å². The van der Waals surface area contributed by atoms with E-state index in [1.165, 1.54) is 0 Å². The van der Waals surface area contributed by atoms with Gasteiger partial charge < -0.3 is 15.6 Å². The van der Waals surface area contributed by atoms with Crippen molar-refractivity contribution in [2.75, 3.05) is 0 Å². The molecule has 0 unspecified atom stereocenters. The number of nitrogens with two attached hydrogens (primary N) is 1. The Morgan fingerprint density at radius 2 is 2.12 bits per heavy atom. The van der Waals surface area contributed by atoms with E-state index >= 15 is 0 Å².